The van der Waals surface area contributed by atoms with E-state index in [1.807, 2.05) is 43.3 Å². The van der Waals surface area contributed by atoms with E-state index in [2.05, 4.69) is 5.32 Å². The van der Waals surface area contributed by atoms with Crippen molar-refractivity contribution < 1.29 is 17.9 Å². The molecule has 3 rings (SSSR count). The van der Waals surface area contributed by atoms with Crippen LogP contribution in [0.15, 0.2) is 72.8 Å². The largest absolute Gasteiger partial charge is 0.490 e. The van der Waals surface area contributed by atoms with Gasteiger partial charge >= 0.3 is 0 Å². The Morgan fingerprint density at radius 1 is 0.970 bits per heavy atom. The molecule has 33 heavy (non-hydrogen) atoms. The molecule has 0 fully saturated rings. The lowest BCUT2D eigenvalue weighted by Gasteiger charge is -2.23. The summed E-state index contributed by atoms with van der Waals surface area (Å²) in [5, 5.41) is 3.31. The lowest BCUT2D eigenvalue weighted by atomic mass is 10.1. The molecule has 0 atom stereocenters. The summed E-state index contributed by atoms with van der Waals surface area (Å²) >= 11 is 6.04. The van der Waals surface area contributed by atoms with Gasteiger partial charge in [-0.05, 0) is 53.9 Å². The predicted octanol–water partition coefficient (Wildman–Crippen LogP) is 4.68. The number of nitrogens with one attached hydrogen (secondary N) is 1. The first-order valence-corrected chi connectivity index (χ1v) is 12.8. The van der Waals surface area contributed by atoms with Crippen LogP contribution in [0, 0.1) is 0 Å². The minimum atomic E-state index is -3.47. The summed E-state index contributed by atoms with van der Waals surface area (Å²) in [6.45, 7) is 2.83. The monoisotopic (exact) mass is 486 g/mol. The Kier molecular flexibility index (Phi) is 8.36. The van der Waals surface area contributed by atoms with Gasteiger partial charge in [0.05, 0.1) is 30.1 Å². The van der Waals surface area contributed by atoms with Crippen LogP contribution in [0.2, 0.25) is 5.02 Å². The van der Waals surface area contributed by atoms with Gasteiger partial charge in [0, 0.05) is 5.56 Å². The Morgan fingerprint density at radius 2 is 1.61 bits per heavy atom. The van der Waals surface area contributed by atoms with Gasteiger partial charge in [-0.3, -0.25) is 9.10 Å². The fraction of sp³-hybridized carbons (Fsp3) is 0.240. The van der Waals surface area contributed by atoms with Crippen LogP contribution < -0.4 is 14.4 Å². The highest BCUT2D eigenvalue weighted by Gasteiger charge is 2.18. The average Bonchev–Trinajstić information content (AvgIpc) is 2.81. The first kappa shape index (κ1) is 24.6. The molecule has 3 aromatic carbocycles. The first-order valence-electron chi connectivity index (χ1n) is 10.6. The van der Waals surface area contributed by atoms with Crippen LogP contribution in [-0.2, 0) is 23.0 Å². The molecule has 3 aromatic rings. The molecule has 0 bridgehead atoms. The number of anilines is 1. The average molecular weight is 487 g/mol. The maximum absolute atomic E-state index is 12.4. The lowest BCUT2D eigenvalue weighted by Crippen LogP contribution is -2.29. The Morgan fingerprint density at radius 3 is 2.21 bits per heavy atom. The summed E-state index contributed by atoms with van der Waals surface area (Å²) in [6.07, 6.45) is 2.07. The molecule has 0 radical (unpaired) electrons. The van der Waals surface area contributed by atoms with Crippen LogP contribution in [0.4, 0.5) is 5.69 Å². The zero-order chi connectivity index (χ0) is 23.8. The van der Waals surface area contributed by atoms with Gasteiger partial charge in [-0.15, -0.1) is 0 Å². The third-order valence-corrected chi connectivity index (χ3v) is 6.51. The van der Waals surface area contributed by atoms with Crippen molar-refractivity contribution >= 4 is 33.2 Å². The van der Waals surface area contributed by atoms with E-state index in [0.717, 1.165) is 17.5 Å². The molecular weight excluding hydrogens is 460 g/mol. The number of nitrogens with zero attached hydrogens (tertiary/aromatic N) is 1. The quantitative estimate of drug-likeness (QED) is 0.422. The number of hydrogen-bond acceptors (Lipinski definition) is 4. The number of carbonyl (C=O) groups excluding carboxylic acids is 1. The van der Waals surface area contributed by atoms with Crippen LogP contribution in [0.25, 0.3) is 0 Å². The van der Waals surface area contributed by atoms with Gasteiger partial charge in [-0.1, -0.05) is 54.9 Å². The summed E-state index contributed by atoms with van der Waals surface area (Å²) < 4.78 is 31.7. The minimum Gasteiger partial charge on any atom is -0.490 e. The zero-order valence-corrected chi connectivity index (χ0v) is 20.2. The predicted molar refractivity (Wildman–Crippen MR) is 133 cm³/mol. The van der Waals surface area contributed by atoms with E-state index in [-0.39, 0.29) is 19.1 Å². The van der Waals surface area contributed by atoms with E-state index < -0.39 is 10.0 Å². The number of carbonyl (C=O) groups is 1. The van der Waals surface area contributed by atoms with E-state index in [9.17, 15) is 13.2 Å². The third kappa shape index (κ3) is 6.97. The highest BCUT2D eigenvalue weighted by Crippen LogP contribution is 2.23. The Bertz CT molecular complexity index is 1180. The third-order valence-electron chi connectivity index (χ3n) is 5.06. The van der Waals surface area contributed by atoms with Gasteiger partial charge < -0.3 is 10.1 Å². The highest BCUT2D eigenvalue weighted by molar-refractivity contribution is 7.92. The van der Waals surface area contributed by atoms with E-state index in [1.54, 1.807) is 36.4 Å². The normalized spacial score (nSPS) is 11.1. The highest BCUT2D eigenvalue weighted by atomic mass is 35.5. The lowest BCUT2D eigenvalue weighted by molar-refractivity contribution is 0.0947. The molecule has 8 heteroatoms. The van der Waals surface area contributed by atoms with E-state index >= 15 is 0 Å². The molecule has 0 heterocycles. The van der Waals surface area contributed by atoms with Crippen LogP contribution in [0.5, 0.6) is 5.75 Å². The van der Waals surface area contributed by atoms with E-state index in [1.165, 1.54) is 10.6 Å². The van der Waals surface area contributed by atoms with Gasteiger partial charge in [-0.2, -0.15) is 0 Å². The van der Waals surface area contributed by atoms with Gasteiger partial charge in [0.1, 0.15) is 12.4 Å². The summed E-state index contributed by atoms with van der Waals surface area (Å²) in [5.74, 6) is 0.331. The molecule has 0 aromatic heterocycles. The van der Waals surface area contributed by atoms with Crippen molar-refractivity contribution in [3.8, 4) is 5.75 Å². The maximum Gasteiger partial charge on any atom is 0.251 e. The molecule has 6 nitrogen and oxygen atoms in total. The SMILES string of the molecule is CCc1ccc(N(Cc2ccc(C(=O)NCCOc3ccccc3Cl)cc2)S(C)(=O)=O)cc1. The standard InChI is InChI=1S/C25H27ClN2O4S/c1-3-19-10-14-22(15-11-19)28(33(2,30)31)18-20-8-12-21(13-9-20)25(29)27-16-17-32-24-7-5-4-6-23(24)26/h4-15H,3,16-18H2,1-2H3,(H,27,29). The Balaban J connectivity index is 1.58. The Hall–Kier alpha value is -3.03. The summed E-state index contributed by atoms with van der Waals surface area (Å²) in [7, 11) is -3.47. The van der Waals surface area contributed by atoms with Crippen LogP contribution in [0.1, 0.15) is 28.4 Å². The minimum absolute atomic E-state index is 0.178. The molecule has 0 unspecified atom stereocenters. The number of halogens is 1. The molecule has 0 aliphatic carbocycles. The topological polar surface area (TPSA) is 75.7 Å². The molecule has 174 valence electrons. The van der Waals surface area contributed by atoms with Gasteiger partial charge in [0.2, 0.25) is 10.0 Å². The molecule has 0 spiro atoms. The second-order valence-electron chi connectivity index (χ2n) is 7.52. The van der Waals surface area contributed by atoms with Gasteiger partial charge in [-0.25, -0.2) is 8.42 Å². The number of benzene rings is 3. The van der Waals surface area contributed by atoms with Crippen molar-refractivity contribution in [2.45, 2.75) is 19.9 Å². The molecule has 0 aliphatic heterocycles. The fourth-order valence-corrected chi connectivity index (χ4v) is 4.29. The number of amides is 1. The second-order valence-corrected chi connectivity index (χ2v) is 9.84. The van der Waals surface area contributed by atoms with Crippen molar-refractivity contribution in [1.29, 1.82) is 0 Å². The van der Waals surface area contributed by atoms with E-state index in [4.69, 9.17) is 16.3 Å². The maximum atomic E-state index is 12.4. The molecule has 0 saturated heterocycles. The zero-order valence-electron chi connectivity index (χ0n) is 18.6. The summed E-state index contributed by atoms with van der Waals surface area (Å²) in [6, 6.07) is 21.5. The van der Waals surface area contributed by atoms with Gasteiger partial charge in [0.25, 0.3) is 5.91 Å². The molecule has 1 N–H and O–H groups in total. The molecular formula is C25H27ClN2O4S. The summed E-state index contributed by atoms with van der Waals surface area (Å²) in [5.41, 5.74) is 3.00. The fourth-order valence-electron chi connectivity index (χ4n) is 3.21. The van der Waals surface area contributed by atoms with E-state index in [0.29, 0.717) is 28.6 Å². The smallest absolute Gasteiger partial charge is 0.251 e. The number of para-hydroxylation sites is 1. The Labute approximate surface area is 200 Å². The number of hydrogen-bond donors (Lipinski definition) is 1. The number of aryl methyl sites for hydroxylation is 1. The van der Waals surface area contributed by atoms with Crippen molar-refractivity contribution in [3.05, 3.63) is 94.5 Å². The summed E-state index contributed by atoms with van der Waals surface area (Å²) in [4.78, 5) is 12.4. The molecule has 0 saturated carbocycles. The first-order chi connectivity index (χ1) is 15.8. The molecule has 0 aliphatic rings. The van der Waals surface area contributed by atoms with Gasteiger partial charge in [0.15, 0.2) is 0 Å². The second kappa shape index (κ2) is 11.2. The number of rotatable bonds is 10. The number of ether oxygens (including phenoxy) is 1. The van der Waals surface area contributed by atoms with Crippen molar-refractivity contribution in [2.24, 2.45) is 0 Å². The molecule has 1 amide bonds. The van der Waals surface area contributed by atoms with Crippen molar-refractivity contribution in [1.82, 2.24) is 5.32 Å². The van der Waals surface area contributed by atoms with Crippen LogP contribution >= 0.6 is 11.6 Å². The van der Waals surface area contributed by atoms with Crippen LogP contribution in [-0.4, -0.2) is 33.7 Å². The van der Waals surface area contributed by atoms with Crippen LogP contribution in [0.3, 0.4) is 0 Å². The van der Waals surface area contributed by atoms with Crippen molar-refractivity contribution in [2.75, 3.05) is 23.7 Å². The van der Waals surface area contributed by atoms with Crippen molar-refractivity contribution in [3.63, 3.8) is 0 Å². The number of sulfonamides is 1.